The SMILES string of the molecule is CC(C)(C)NC(=O)CSc1cc(C(=O)O)ccc1F. The first-order valence-corrected chi connectivity index (χ1v) is 6.64. The lowest BCUT2D eigenvalue weighted by Gasteiger charge is -2.20. The largest absolute Gasteiger partial charge is 0.478 e. The second-order valence-corrected chi connectivity index (χ2v) is 6.05. The van der Waals surface area contributed by atoms with Crippen molar-refractivity contribution >= 4 is 23.6 Å². The zero-order valence-electron chi connectivity index (χ0n) is 11.0. The zero-order chi connectivity index (χ0) is 14.6. The molecule has 1 aromatic rings. The fourth-order valence-corrected chi connectivity index (χ4v) is 2.12. The van der Waals surface area contributed by atoms with Gasteiger partial charge in [-0.1, -0.05) is 0 Å². The number of carbonyl (C=O) groups excluding carboxylic acids is 1. The third-order valence-corrected chi connectivity index (χ3v) is 3.08. The van der Waals surface area contributed by atoms with Crippen LogP contribution in [0.3, 0.4) is 0 Å². The highest BCUT2D eigenvalue weighted by atomic mass is 32.2. The van der Waals surface area contributed by atoms with Crippen LogP contribution in [-0.2, 0) is 4.79 Å². The molecular formula is C13H16FNO3S. The van der Waals surface area contributed by atoms with E-state index in [-0.39, 0.29) is 27.7 Å². The molecule has 1 aromatic carbocycles. The van der Waals surface area contributed by atoms with E-state index in [2.05, 4.69) is 5.32 Å². The number of halogens is 1. The van der Waals surface area contributed by atoms with Crippen LogP contribution in [0.2, 0.25) is 0 Å². The van der Waals surface area contributed by atoms with E-state index in [1.165, 1.54) is 12.1 Å². The first kappa shape index (κ1) is 15.5. The number of carbonyl (C=O) groups is 2. The molecule has 2 N–H and O–H groups in total. The fourth-order valence-electron chi connectivity index (χ4n) is 1.34. The van der Waals surface area contributed by atoms with Crippen LogP contribution in [-0.4, -0.2) is 28.3 Å². The van der Waals surface area contributed by atoms with Gasteiger partial charge < -0.3 is 10.4 Å². The van der Waals surface area contributed by atoms with Crippen molar-refractivity contribution in [2.24, 2.45) is 0 Å². The topological polar surface area (TPSA) is 66.4 Å². The first-order valence-electron chi connectivity index (χ1n) is 5.66. The molecule has 0 bridgehead atoms. The minimum atomic E-state index is -1.12. The van der Waals surface area contributed by atoms with Crippen molar-refractivity contribution in [3.8, 4) is 0 Å². The third-order valence-electron chi connectivity index (χ3n) is 2.05. The van der Waals surface area contributed by atoms with Crippen molar-refractivity contribution in [1.82, 2.24) is 5.32 Å². The van der Waals surface area contributed by atoms with Gasteiger partial charge in [0.2, 0.25) is 5.91 Å². The normalized spacial score (nSPS) is 11.2. The van der Waals surface area contributed by atoms with E-state index in [1.54, 1.807) is 0 Å². The summed E-state index contributed by atoms with van der Waals surface area (Å²) in [5, 5.41) is 11.6. The summed E-state index contributed by atoms with van der Waals surface area (Å²) in [4.78, 5) is 22.5. The number of thioether (sulfide) groups is 1. The molecule has 0 saturated heterocycles. The predicted molar refractivity (Wildman–Crippen MR) is 72.0 cm³/mol. The molecule has 0 fully saturated rings. The molecule has 0 unspecified atom stereocenters. The van der Waals surface area contributed by atoms with Gasteiger partial charge in [0.25, 0.3) is 0 Å². The highest BCUT2D eigenvalue weighted by Crippen LogP contribution is 2.23. The standard InChI is InChI=1S/C13H16FNO3S/c1-13(2,3)15-11(16)7-19-10-6-8(12(17)18)4-5-9(10)14/h4-6H,7H2,1-3H3,(H,15,16)(H,17,18). The lowest BCUT2D eigenvalue weighted by molar-refractivity contribution is -0.119. The highest BCUT2D eigenvalue weighted by Gasteiger charge is 2.15. The van der Waals surface area contributed by atoms with Crippen LogP contribution in [0.25, 0.3) is 0 Å². The summed E-state index contributed by atoms with van der Waals surface area (Å²) in [6.07, 6.45) is 0. The second kappa shape index (κ2) is 6.06. The Balaban J connectivity index is 2.70. The summed E-state index contributed by atoms with van der Waals surface area (Å²) in [5.74, 6) is -1.84. The lowest BCUT2D eigenvalue weighted by atomic mass is 10.1. The van der Waals surface area contributed by atoms with E-state index in [0.717, 1.165) is 17.8 Å². The van der Waals surface area contributed by atoms with Crippen molar-refractivity contribution in [1.29, 1.82) is 0 Å². The van der Waals surface area contributed by atoms with Crippen LogP contribution >= 0.6 is 11.8 Å². The van der Waals surface area contributed by atoms with Gasteiger partial charge in [-0.2, -0.15) is 0 Å². The molecule has 1 rings (SSSR count). The van der Waals surface area contributed by atoms with Gasteiger partial charge in [-0.25, -0.2) is 9.18 Å². The summed E-state index contributed by atoms with van der Waals surface area (Å²) in [7, 11) is 0. The molecule has 0 atom stereocenters. The van der Waals surface area contributed by atoms with E-state index >= 15 is 0 Å². The predicted octanol–water partition coefficient (Wildman–Crippen LogP) is 2.53. The number of carboxylic acid groups (broad SMARTS) is 1. The average molecular weight is 285 g/mol. The second-order valence-electron chi connectivity index (χ2n) is 5.04. The number of rotatable bonds is 4. The van der Waals surface area contributed by atoms with Crippen LogP contribution in [0, 0.1) is 5.82 Å². The van der Waals surface area contributed by atoms with Crippen LogP contribution in [0.1, 0.15) is 31.1 Å². The summed E-state index contributed by atoms with van der Waals surface area (Å²) >= 11 is 0.977. The van der Waals surface area contributed by atoms with Crippen molar-refractivity contribution in [3.05, 3.63) is 29.6 Å². The van der Waals surface area contributed by atoms with Gasteiger partial charge >= 0.3 is 5.97 Å². The molecule has 0 aromatic heterocycles. The van der Waals surface area contributed by atoms with Gasteiger partial charge in [-0.05, 0) is 39.0 Å². The first-order chi connectivity index (χ1) is 8.69. The number of nitrogens with one attached hydrogen (secondary N) is 1. The van der Waals surface area contributed by atoms with Crippen LogP contribution in [0.15, 0.2) is 23.1 Å². The summed E-state index contributed by atoms with van der Waals surface area (Å²) in [5.41, 5.74) is -0.348. The smallest absolute Gasteiger partial charge is 0.335 e. The molecule has 0 aliphatic rings. The Morgan fingerprint density at radius 1 is 1.37 bits per heavy atom. The maximum absolute atomic E-state index is 13.5. The minimum absolute atomic E-state index is 0.000120. The highest BCUT2D eigenvalue weighted by molar-refractivity contribution is 8.00. The van der Waals surface area contributed by atoms with Gasteiger partial charge in [0.1, 0.15) is 5.82 Å². The van der Waals surface area contributed by atoms with Crippen molar-refractivity contribution in [3.63, 3.8) is 0 Å². The number of hydrogen-bond donors (Lipinski definition) is 2. The molecule has 0 aliphatic heterocycles. The molecule has 6 heteroatoms. The summed E-state index contributed by atoms with van der Waals surface area (Å²) in [6, 6.07) is 3.51. The van der Waals surface area contributed by atoms with E-state index in [1.807, 2.05) is 20.8 Å². The molecular weight excluding hydrogens is 269 g/mol. The summed E-state index contributed by atoms with van der Waals surface area (Å²) in [6.45, 7) is 5.55. The van der Waals surface area contributed by atoms with Gasteiger partial charge in [-0.15, -0.1) is 11.8 Å². The lowest BCUT2D eigenvalue weighted by Crippen LogP contribution is -2.41. The molecule has 104 valence electrons. The molecule has 4 nitrogen and oxygen atoms in total. The van der Waals surface area contributed by atoms with Gasteiger partial charge in [-0.3, -0.25) is 4.79 Å². The maximum Gasteiger partial charge on any atom is 0.335 e. The quantitative estimate of drug-likeness (QED) is 0.834. The molecule has 0 saturated carbocycles. The molecule has 0 spiro atoms. The number of benzene rings is 1. The minimum Gasteiger partial charge on any atom is -0.478 e. The Labute approximate surface area is 115 Å². The van der Waals surface area contributed by atoms with Crippen LogP contribution in [0.4, 0.5) is 4.39 Å². The monoisotopic (exact) mass is 285 g/mol. The van der Waals surface area contributed by atoms with Gasteiger partial charge in [0.15, 0.2) is 0 Å². The molecule has 0 heterocycles. The molecule has 19 heavy (non-hydrogen) atoms. The molecule has 1 amide bonds. The van der Waals surface area contributed by atoms with Crippen LogP contribution in [0.5, 0.6) is 0 Å². The zero-order valence-corrected chi connectivity index (χ0v) is 11.8. The van der Waals surface area contributed by atoms with E-state index in [0.29, 0.717) is 0 Å². The maximum atomic E-state index is 13.5. The van der Waals surface area contributed by atoms with Crippen molar-refractivity contribution in [2.45, 2.75) is 31.2 Å². The van der Waals surface area contributed by atoms with E-state index in [9.17, 15) is 14.0 Å². The van der Waals surface area contributed by atoms with Gasteiger partial charge in [0.05, 0.1) is 11.3 Å². The van der Waals surface area contributed by atoms with Gasteiger partial charge in [0, 0.05) is 10.4 Å². The van der Waals surface area contributed by atoms with Crippen molar-refractivity contribution in [2.75, 3.05) is 5.75 Å². The average Bonchev–Trinajstić information content (AvgIpc) is 2.25. The Morgan fingerprint density at radius 3 is 2.53 bits per heavy atom. The Morgan fingerprint density at radius 2 is 2.00 bits per heavy atom. The Bertz CT molecular complexity index is 497. The van der Waals surface area contributed by atoms with Crippen molar-refractivity contribution < 1.29 is 19.1 Å². The third kappa shape index (κ3) is 5.30. The number of hydrogen-bond acceptors (Lipinski definition) is 3. The molecule has 0 aliphatic carbocycles. The van der Waals surface area contributed by atoms with E-state index < -0.39 is 11.8 Å². The number of amides is 1. The van der Waals surface area contributed by atoms with E-state index in [4.69, 9.17) is 5.11 Å². The fraction of sp³-hybridized carbons (Fsp3) is 0.385. The summed E-state index contributed by atoms with van der Waals surface area (Å²) < 4.78 is 13.5. The van der Waals surface area contributed by atoms with Crippen LogP contribution < -0.4 is 5.32 Å². The number of carboxylic acids is 1. The Hall–Kier alpha value is -1.56. The molecule has 0 radical (unpaired) electrons. The number of aromatic carboxylic acids is 1. The Kier molecular flexibility index (Phi) is 4.94.